The summed E-state index contributed by atoms with van der Waals surface area (Å²) >= 11 is 0. The van der Waals surface area contributed by atoms with E-state index in [0.29, 0.717) is 6.54 Å². The number of likely N-dealkylation sites (tertiary alicyclic amines) is 1. The first-order chi connectivity index (χ1) is 12.1. The second-order valence-electron chi connectivity index (χ2n) is 8.06. The Labute approximate surface area is 177 Å². The van der Waals surface area contributed by atoms with Gasteiger partial charge in [-0.3, -0.25) is 9.69 Å². The molecule has 1 aromatic carbocycles. The smallest absolute Gasteiger partial charge is 0.237 e. The first-order valence-electron chi connectivity index (χ1n) is 9.00. The number of halogens is 4. The van der Waals surface area contributed by atoms with Gasteiger partial charge in [0, 0.05) is 18.1 Å². The third-order valence-electron chi connectivity index (χ3n) is 4.54. The molecule has 9 heteroatoms. The van der Waals surface area contributed by atoms with Crippen LogP contribution in [0.2, 0.25) is 0 Å². The van der Waals surface area contributed by atoms with Crippen LogP contribution in [0.3, 0.4) is 0 Å². The van der Waals surface area contributed by atoms with Crippen molar-refractivity contribution in [1.29, 1.82) is 0 Å². The fourth-order valence-electron chi connectivity index (χ4n) is 3.26. The second kappa shape index (κ2) is 11.3. The van der Waals surface area contributed by atoms with Crippen molar-refractivity contribution >= 4 is 30.7 Å². The van der Waals surface area contributed by atoms with Gasteiger partial charge in [-0.2, -0.15) is 0 Å². The molecular formula is C19H31Cl2F2N3O2. The summed E-state index contributed by atoms with van der Waals surface area (Å²) in [6.07, 6.45) is 0.670. The molecule has 28 heavy (non-hydrogen) atoms. The summed E-state index contributed by atoms with van der Waals surface area (Å²) in [6.45, 7) is 6.67. The predicted molar refractivity (Wildman–Crippen MR) is 111 cm³/mol. The molecule has 1 aromatic rings. The number of amides is 1. The lowest BCUT2D eigenvalue weighted by atomic mass is 10.0. The molecule has 1 aliphatic rings. The number of aliphatic hydroxyl groups excluding tert-OH is 1. The number of nitrogens with one attached hydrogen (secondary N) is 1. The van der Waals surface area contributed by atoms with E-state index in [1.807, 2.05) is 25.7 Å². The Morgan fingerprint density at radius 2 is 2.00 bits per heavy atom. The minimum Gasteiger partial charge on any atom is -0.390 e. The van der Waals surface area contributed by atoms with Crippen LogP contribution in [-0.2, 0) is 11.2 Å². The van der Waals surface area contributed by atoms with Gasteiger partial charge in [0.15, 0.2) is 0 Å². The van der Waals surface area contributed by atoms with Gasteiger partial charge < -0.3 is 16.2 Å². The van der Waals surface area contributed by atoms with Crippen LogP contribution in [0.1, 0.15) is 39.2 Å². The molecule has 1 heterocycles. The summed E-state index contributed by atoms with van der Waals surface area (Å²) in [5.41, 5.74) is 5.82. The molecule has 0 bridgehead atoms. The molecule has 0 saturated carbocycles. The van der Waals surface area contributed by atoms with Crippen molar-refractivity contribution in [3.63, 3.8) is 0 Å². The molecule has 0 spiro atoms. The molecule has 1 aliphatic heterocycles. The maximum absolute atomic E-state index is 13.8. The maximum atomic E-state index is 13.8. The SMILES string of the molecule is CC(C)(C)NC(=O)[C@@H]1CCCN1CC(O)C(N)Cc1cc(F)ccc1F.Cl.Cl. The lowest BCUT2D eigenvalue weighted by Gasteiger charge is -2.31. The van der Waals surface area contributed by atoms with Crippen molar-refractivity contribution in [2.45, 2.75) is 63.8 Å². The monoisotopic (exact) mass is 441 g/mol. The largest absolute Gasteiger partial charge is 0.390 e. The molecule has 1 saturated heterocycles. The van der Waals surface area contributed by atoms with Gasteiger partial charge in [0.05, 0.1) is 12.1 Å². The number of nitrogens with zero attached hydrogens (tertiary/aromatic N) is 1. The highest BCUT2D eigenvalue weighted by Crippen LogP contribution is 2.20. The minimum absolute atomic E-state index is 0. The summed E-state index contributed by atoms with van der Waals surface area (Å²) in [5.74, 6) is -1.15. The van der Waals surface area contributed by atoms with E-state index in [1.165, 1.54) is 0 Å². The Hall–Kier alpha value is -0.990. The molecule has 1 amide bonds. The molecule has 2 rings (SSSR count). The number of carbonyl (C=O) groups is 1. The van der Waals surface area contributed by atoms with Crippen LogP contribution in [0.15, 0.2) is 18.2 Å². The van der Waals surface area contributed by atoms with Gasteiger partial charge in [0.2, 0.25) is 5.91 Å². The zero-order chi connectivity index (χ0) is 19.5. The van der Waals surface area contributed by atoms with Gasteiger partial charge >= 0.3 is 0 Å². The third kappa shape index (κ3) is 7.79. The maximum Gasteiger partial charge on any atom is 0.237 e. The van der Waals surface area contributed by atoms with E-state index in [2.05, 4.69) is 5.32 Å². The Kier molecular flexibility index (Phi) is 10.9. The highest BCUT2D eigenvalue weighted by Gasteiger charge is 2.34. The van der Waals surface area contributed by atoms with Gasteiger partial charge in [-0.25, -0.2) is 8.78 Å². The second-order valence-corrected chi connectivity index (χ2v) is 8.06. The number of nitrogens with two attached hydrogens (primary N) is 1. The number of hydrogen-bond acceptors (Lipinski definition) is 4. The van der Waals surface area contributed by atoms with Crippen LogP contribution in [-0.4, -0.2) is 52.7 Å². The number of hydrogen-bond donors (Lipinski definition) is 3. The Morgan fingerprint density at radius 3 is 2.61 bits per heavy atom. The molecule has 162 valence electrons. The summed E-state index contributed by atoms with van der Waals surface area (Å²) in [7, 11) is 0. The van der Waals surface area contributed by atoms with Gasteiger partial charge in [0.1, 0.15) is 11.6 Å². The molecule has 0 aromatic heterocycles. The van der Waals surface area contributed by atoms with Crippen molar-refractivity contribution in [3.8, 4) is 0 Å². The van der Waals surface area contributed by atoms with Crippen molar-refractivity contribution in [1.82, 2.24) is 10.2 Å². The van der Waals surface area contributed by atoms with E-state index in [0.717, 1.165) is 31.0 Å². The molecule has 4 N–H and O–H groups in total. The molecule has 0 radical (unpaired) electrons. The number of carbonyl (C=O) groups excluding carboxylic acids is 1. The highest BCUT2D eigenvalue weighted by atomic mass is 35.5. The van der Waals surface area contributed by atoms with E-state index in [1.54, 1.807) is 0 Å². The molecule has 2 unspecified atom stereocenters. The van der Waals surface area contributed by atoms with E-state index in [-0.39, 0.29) is 60.8 Å². The van der Waals surface area contributed by atoms with Gasteiger partial charge in [0.25, 0.3) is 0 Å². The molecule has 5 nitrogen and oxygen atoms in total. The average molecular weight is 442 g/mol. The van der Waals surface area contributed by atoms with Crippen molar-refractivity contribution in [3.05, 3.63) is 35.4 Å². The quantitative estimate of drug-likeness (QED) is 0.633. The van der Waals surface area contributed by atoms with E-state index >= 15 is 0 Å². The first kappa shape index (κ1) is 27.0. The predicted octanol–water partition coefficient (Wildman–Crippen LogP) is 2.42. The first-order valence-corrected chi connectivity index (χ1v) is 9.00. The van der Waals surface area contributed by atoms with Gasteiger partial charge in [-0.05, 0) is 70.3 Å². The lowest BCUT2D eigenvalue weighted by Crippen LogP contribution is -2.53. The molecule has 3 atom stereocenters. The van der Waals surface area contributed by atoms with Crippen LogP contribution in [0, 0.1) is 11.6 Å². The highest BCUT2D eigenvalue weighted by molar-refractivity contribution is 5.85. The number of aliphatic hydroxyl groups is 1. The van der Waals surface area contributed by atoms with Gasteiger partial charge in [-0.15, -0.1) is 24.8 Å². The summed E-state index contributed by atoms with van der Waals surface area (Å²) < 4.78 is 27.0. The lowest BCUT2D eigenvalue weighted by molar-refractivity contribution is -0.127. The Balaban J connectivity index is 0.00000364. The molecule has 0 aliphatic carbocycles. The van der Waals surface area contributed by atoms with Crippen LogP contribution in [0.5, 0.6) is 0 Å². The van der Waals surface area contributed by atoms with Crippen LogP contribution >= 0.6 is 24.8 Å². The molecular weight excluding hydrogens is 411 g/mol. The fraction of sp³-hybridized carbons (Fsp3) is 0.632. The van der Waals surface area contributed by atoms with Crippen molar-refractivity contribution < 1.29 is 18.7 Å². The van der Waals surface area contributed by atoms with Gasteiger partial charge in [-0.1, -0.05) is 0 Å². The average Bonchev–Trinajstić information content (AvgIpc) is 2.97. The zero-order valence-electron chi connectivity index (χ0n) is 16.5. The normalized spacial score (nSPS) is 19.3. The standard InChI is InChI=1S/C19H29F2N3O2.2ClH/c1-19(2,3)23-18(26)16-5-4-8-24(16)11-17(25)15(22)10-12-9-13(20)6-7-14(12)21;;/h6-7,9,15-17,25H,4-5,8,10-11,22H2,1-3H3,(H,23,26);2*1H/t15?,16-,17?;;/m0../s1. The van der Waals surface area contributed by atoms with Crippen LogP contribution in [0.25, 0.3) is 0 Å². The Bertz CT molecular complexity index is 644. The third-order valence-corrected chi connectivity index (χ3v) is 4.54. The molecule has 1 fully saturated rings. The van der Waals surface area contributed by atoms with Crippen LogP contribution < -0.4 is 11.1 Å². The van der Waals surface area contributed by atoms with E-state index in [9.17, 15) is 18.7 Å². The number of rotatable bonds is 6. The van der Waals surface area contributed by atoms with E-state index in [4.69, 9.17) is 5.73 Å². The van der Waals surface area contributed by atoms with Crippen LogP contribution in [0.4, 0.5) is 8.78 Å². The minimum atomic E-state index is -0.944. The zero-order valence-corrected chi connectivity index (χ0v) is 18.1. The number of benzene rings is 1. The summed E-state index contributed by atoms with van der Waals surface area (Å²) in [4.78, 5) is 14.3. The van der Waals surface area contributed by atoms with E-state index < -0.39 is 23.8 Å². The fourth-order valence-corrected chi connectivity index (χ4v) is 3.26. The topological polar surface area (TPSA) is 78.6 Å². The van der Waals surface area contributed by atoms with Crippen molar-refractivity contribution in [2.75, 3.05) is 13.1 Å². The summed E-state index contributed by atoms with van der Waals surface area (Å²) in [6, 6.07) is 2.14. The Morgan fingerprint density at radius 1 is 1.36 bits per heavy atom. The van der Waals surface area contributed by atoms with Crippen molar-refractivity contribution in [2.24, 2.45) is 5.73 Å². The number of β-amino-alcohol motifs (C(OH)–C–C–N with tert-alkyl or cyclic N) is 1. The summed E-state index contributed by atoms with van der Waals surface area (Å²) in [5, 5.41) is 13.4.